The van der Waals surface area contributed by atoms with Gasteiger partial charge in [0.1, 0.15) is 0 Å². The van der Waals surface area contributed by atoms with Crippen LogP contribution >= 0.6 is 12.2 Å². The fourth-order valence-corrected chi connectivity index (χ4v) is 3.64. The summed E-state index contributed by atoms with van der Waals surface area (Å²) in [6.45, 7) is 3.24. The lowest BCUT2D eigenvalue weighted by molar-refractivity contribution is -0.118. The van der Waals surface area contributed by atoms with Crippen LogP contribution in [0.4, 0.5) is 5.69 Å². The molecule has 2 aromatic carbocycles. The van der Waals surface area contributed by atoms with E-state index in [-0.39, 0.29) is 18.3 Å². The summed E-state index contributed by atoms with van der Waals surface area (Å²) in [4.78, 5) is 26.3. The first-order chi connectivity index (χ1) is 14.8. The first-order valence-electron chi connectivity index (χ1n) is 9.73. The lowest BCUT2D eigenvalue weighted by atomic mass is 9.92. The van der Waals surface area contributed by atoms with Gasteiger partial charge in [-0.15, -0.1) is 0 Å². The van der Waals surface area contributed by atoms with E-state index in [2.05, 4.69) is 10.6 Å². The molecule has 0 saturated carbocycles. The number of nitrogens with one attached hydrogen (secondary N) is 2. The molecule has 162 valence electrons. The van der Waals surface area contributed by atoms with Crippen molar-refractivity contribution >= 4 is 34.7 Å². The second-order valence-electron chi connectivity index (χ2n) is 7.11. The van der Waals surface area contributed by atoms with Gasteiger partial charge in [-0.2, -0.15) is 0 Å². The van der Waals surface area contributed by atoms with Crippen LogP contribution in [-0.4, -0.2) is 42.5 Å². The Hall–Kier alpha value is -3.39. The standard InChI is InChI=1S/C23H25N3O4S/c1-14-21(15(2)27)22(25-23(31)26(14)3)16-10-11-18(19(12-16)29-4)30-13-20(28)24-17-8-6-5-7-9-17/h5-12,22H,13H2,1-4H3,(H,24,28)(H,25,31). The fourth-order valence-electron chi connectivity index (χ4n) is 3.39. The number of hydrogen-bond donors (Lipinski definition) is 2. The van der Waals surface area contributed by atoms with E-state index in [9.17, 15) is 9.59 Å². The number of ether oxygens (including phenoxy) is 2. The molecule has 0 aromatic heterocycles. The van der Waals surface area contributed by atoms with Gasteiger partial charge >= 0.3 is 0 Å². The molecule has 3 rings (SSSR count). The lowest BCUT2D eigenvalue weighted by Gasteiger charge is -2.35. The molecule has 0 spiro atoms. The van der Waals surface area contributed by atoms with Crippen LogP contribution in [0.1, 0.15) is 25.5 Å². The molecule has 1 atom stereocenters. The molecule has 8 heteroatoms. The zero-order valence-corrected chi connectivity index (χ0v) is 18.7. The molecule has 0 radical (unpaired) electrons. The number of methoxy groups -OCH3 is 1. The summed E-state index contributed by atoms with van der Waals surface area (Å²) >= 11 is 5.40. The number of allylic oxidation sites excluding steroid dienone is 1. The lowest BCUT2D eigenvalue weighted by Crippen LogP contribution is -2.45. The Morgan fingerprint density at radius 1 is 1.16 bits per heavy atom. The highest BCUT2D eigenvalue weighted by Crippen LogP contribution is 2.35. The highest BCUT2D eigenvalue weighted by molar-refractivity contribution is 7.80. The fraction of sp³-hybridized carbons (Fsp3) is 0.261. The molecule has 7 nitrogen and oxygen atoms in total. The van der Waals surface area contributed by atoms with E-state index >= 15 is 0 Å². The molecule has 1 aliphatic heterocycles. The third kappa shape index (κ3) is 5.03. The molecular weight excluding hydrogens is 414 g/mol. The summed E-state index contributed by atoms with van der Waals surface area (Å²) < 4.78 is 11.1. The molecule has 31 heavy (non-hydrogen) atoms. The number of rotatable bonds is 7. The quantitative estimate of drug-likeness (QED) is 0.640. The Bertz CT molecular complexity index is 1040. The molecule has 0 saturated heterocycles. The molecule has 1 unspecified atom stereocenters. The number of hydrogen-bond acceptors (Lipinski definition) is 5. The summed E-state index contributed by atoms with van der Waals surface area (Å²) in [5.41, 5.74) is 2.94. The summed E-state index contributed by atoms with van der Waals surface area (Å²) in [6.07, 6.45) is 0. The van der Waals surface area contributed by atoms with Gasteiger partial charge in [0.15, 0.2) is 29.0 Å². The van der Waals surface area contributed by atoms with Crippen molar-refractivity contribution in [1.82, 2.24) is 10.2 Å². The van der Waals surface area contributed by atoms with Gasteiger partial charge in [0.2, 0.25) is 0 Å². The van der Waals surface area contributed by atoms with E-state index in [4.69, 9.17) is 21.7 Å². The Kier molecular flexibility index (Phi) is 6.91. The van der Waals surface area contributed by atoms with Gasteiger partial charge < -0.3 is 25.0 Å². The number of amides is 1. The van der Waals surface area contributed by atoms with Gasteiger partial charge in [0.25, 0.3) is 5.91 Å². The summed E-state index contributed by atoms with van der Waals surface area (Å²) in [6, 6.07) is 14.1. The van der Waals surface area contributed by atoms with Crippen molar-refractivity contribution in [3.8, 4) is 11.5 Å². The van der Waals surface area contributed by atoms with Crippen LogP contribution < -0.4 is 20.1 Å². The van der Waals surface area contributed by atoms with E-state index < -0.39 is 6.04 Å². The van der Waals surface area contributed by atoms with Crippen molar-refractivity contribution in [2.45, 2.75) is 19.9 Å². The number of ketones is 1. The van der Waals surface area contributed by atoms with Gasteiger partial charge in [-0.25, -0.2) is 0 Å². The molecule has 1 amide bonds. The SMILES string of the molecule is COc1cc(C2NC(=S)N(C)C(C)=C2C(C)=O)ccc1OCC(=O)Nc1ccccc1. The molecule has 2 aromatic rings. The van der Waals surface area contributed by atoms with Gasteiger partial charge in [-0.1, -0.05) is 24.3 Å². The largest absolute Gasteiger partial charge is 0.493 e. The molecule has 2 N–H and O–H groups in total. The Labute approximate surface area is 187 Å². The predicted octanol–water partition coefficient (Wildman–Crippen LogP) is 3.44. The summed E-state index contributed by atoms with van der Waals surface area (Å²) in [5, 5.41) is 6.51. The number of benzene rings is 2. The number of para-hydroxylation sites is 1. The topological polar surface area (TPSA) is 79.9 Å². The molecule has 1 heterocycles. The average molecular weight is 440 g/mol. The van der Waals surface area contributed by atoms with E-state index in [0.29, 0.717) is 27.9 Å². The third-order valence-corrected chi connectivity index (χ3v) is 5.46. The Morgan fingerprint density at radius 2 is 1.87 bits per heavy atom. The maximum atomic E-state index is 12.3. The highest BCUT2D eigenvalue weighted by Gasteiger charge is 2.31. The molecular formula is C23H25N3O4S. The minimum atomic E-state index is -0.398. The van der Waals surface area contributed by atoms with Crippen molar-refractivity contribution in [3.63, 3.8) is 0 Å². The zero-order chi connectivity index (χ0) is 22.5. The van der Waals surface area contributed by atoms with Gasteiger partial charge in [0, 0.05) is 24.0 Å². The van der Waals surface area contributed by atoms with Crippen molar-refractivity contribution in [3.05, 3.63) is 65.4 Å². The van der Waals surface area contributed by atoms with Gasteiger partial charge in [-0.05, 0) is 55.9 Å². The third-order valence-electron chi connectivity index (χ3n) is 5.07. The van der Waals surface area contributed by atoms with Crippen molar-refractivity contribution < 1.29 is 19.1 Å². The number of carbonyl (C=O) groups excluding carboxylic acids is 2. The Balaban J connectivity index is 1.79. The summed E-state index contributed by atoms with van der Waals surface area (Å²) in [5.74, 6) is 0.561. The van der Waals surface area contributed by atoms with E-state index in [1.807, 2.05) is 38.2 Å². The predicted molar refractivity (Wildman–Crippen MR) is 123 cm³/mol. The van der Waals surface area contributed by atoms with Crippen LogP contribution in [0.3, 0.4) is 0 Å². The van der Waals surface area contributed by atoms with E-state index in [0.717, 1.165) is 11.3 Å². The molecule has 0 bridgehead atoms. The first-order valence-corrected chi connectivity index (χ1v) is 10.1. The monoisotopic (exact) mass is 439 g/mol. The summed E-state index contributed by atoms with van der Waals surface area (Å²) in [7, 11) is 3.34. The number of carbonyl (C=O) groups is 2. The second kappa shape index (κ2) is 9.61. The smallest absolute Gasteiger partial charge is 0.262 e. The van der Waals surface area contributed by atoms with Crippen LogP contribution in [0.2, 0.25) is 0 Å². The number of anilines is 1. The minimum Gasteiger partial charge on any atom is -0.493 e. The highest BCUT2D eigenvalue weighted by atomic mass is 32.1. The van der Waals surface area contributed by atoms with E-state index in [1.54, 1.807) is 29.2 Å². The first kappa shape index (κ1) is 22.3. The van der Waals surface area contributed by atoms with Gasteiger partial charge in [0.05, 0.1) is 13.2 Å². The van der Waals surface area contributed by atoms with Crippen molar-refractivity contribution in [2.24, 2.45) is 0 Å². The number of thiocarbonyl (C=S) groups is 1. The van der Waals surface area contributed by atoms with Crippen LogP contribution in [0.25, 0.3) is 0 Å². The van der Waals surface area contributed by atoms with Crippen LogP contribution in [0.15, 0.2) is 59.8 Å². The zero-order valence-electron chi connectivity index (χ0n) is 17.9. The second-order valence-corrected chi connectivity index (χ2v) is 7.50. The maximum absolute atomic E-state index is 12.3. The van der Waals surface area contributed by atoms with Crippen LogP contribution in [0, 0.1) is 0 Å². The van der Waals surface area contributed by atoms with Crippen LogP contribution in [0.5, 0.6) is 11.5 Å². The average Bonchev–Trinajstić information content (AvgIpc) is 2.76. The minimum absolute atomic E-state index is 0.0405. The van der Waals surface area contributed by atoms with Gasteiger partial charge in [-0.3, -0.25) is 9.59 Å². The molecule has 0 fully saturated rings. The number of Topliss-reactive ketones (excluding diaryl/α,β-unsaturated/α-hetero) is 1. The Morgan fingerprint density at radius 3 is 2.52 bits per heavy atom. The normalized spacial score (nSPS) is 15.9. The molecule has 1 aliphatic rings. The number of nitrogens with zero attached hydrogens (tertiary/aromatic N) is 1. The van der Waals surface area contributed by atoms with Crippen LogP contribution in [-0.2, 0) is 9.59 Å². The maximum Gasteiger partial charge on any atom is 0.262 e. The van der Waals surface area contributed by atoms with E-state index in [1.165, 1.54) is 14.0 Å². The van der Waals surface area contributed by atoms with Crippen molar-refractivity contribution in [2.75, 3.05) is 26.1 Å². The molecule has 0 aliphatic carbocycles. The van der Waals surface area contributed by atoms with Crippen molar-refractivity contribution in [1.29, 1.82) is 0 Å².